The number of hydrogen-bond donors (Lipinski definition) is 1. The van der Waals surface area contributed by atoms with Crippen molar-refractivity contribution in [2.75, 3.05) is 0 Å². The lowest BCUT2D eigenvalue weighted by atomic mass is 9.99. The van der Waals surface area contributed by atoms with Gasteiger partial charge in [0.15, 0.2) is 0 Å². The number of hydrogen-bond acceptors (Lipinski definition) is 4. The third-order valence-corrected chi connectivity index (χ3v) is 3.89. The molecule has 0 saturated heterocycles. The van der Waals surface area contributed by atoms with Gasteiger partial charge < -0.3 is 5.11 Å². The number of fused-ring (bicyclic) bond motifs is 2. The summed E-state index contributed by atoms with van der Waals surface area (Å²) in [6.07, 6.45) is -1.77. The summed E-state index contributed by atoms with van der Waals surface area (Å²) in [7, 11) is 1.58. The third kappa shape index (κ3) is 2.65. The van der Waals surface area contributed by atoms with Gasteiger partial charge >= 0.3 is 6.18 Å². The van der Waals surface area contributed by atoms with Crippen LogP contribution < -0.4 is 0 Å². The SMILES string of the molecule is Cn1cc2cc(-c3ccc4nc(O)cnc4c3)cc(C(F)(F)F)c2n1. The van der Waals surface area contributed by atoms with Crippen LogP contribution in [0.2, 0.25) is 0 Å². The largest absolute Gasteiger partial charge is 0.492 e. The number of nitrogens with zero attached hydrogens (tertiary/aromatic N) is 4. The summed E-state index contributed by atoms with van der Waals surface area (Å²) in [4.78, 5) is 7.97. The molecule has 8 heteroatoms. The Morgan fingerprint density at radius 2 is 1.84 bits per heavy atom. The zero-order valence-corrected chi connectivity index (χ0v) is 12.9. The van der Waals surface area contributed by atoms with Crippen molar-refractivity contribution in [3.63, 3.8) is 0 Å². The van der Waals surface area contributed by atoms with E-state index in [-0.39, 0.29) is 11.4 Å². The molecule has 5 nitrogen and oxygen atoms in total. The molecule has 4 rings (SSSR count). The highest BCUT2D eigenvalue weighted by molar-refractivity contribution is 5.89. The van der Waals surface area contributed by atoms with E-state index >= 15 is 0 Å². The van der Waals surface area contributed by atoms with E-state index in [4.69, 9.17) is 0 Å². The first-order valence-electron chi connectivity index (χ1n) is 7.32. The van der Waals surface area contributed by atoms with Crippen LogP contribution in [0.4, 0.5) is 13.2 Å². The molecule has 0 aliphatic carbocycles. The van der Waals surface area contributed by atoms with Crippen LogP contribution in [-0.4, -0.2) is 24.9 Å². The second-order valence-electron chi connectivity index (χ2n) is 5.69. The molecule has 25 heavy (non-hydrogen) atoms. The van der Waals surface area contributed by atoms with Crippen molar-refractivity contribution >= 4 is 21.9 Å². The van der Waals surface area contributed by atoms with E-state index in [1.807, 2.05) is 0 Å². The lowest BCUT2D eigenvalue weighted by Gasteiger charge is -2.10. The molecule has 0 unspecified atom stereocenters. The second-order valence-corrected chi connectivity index (χ2v) is 5.69. The molecule has 126 valence electrons. The summed E-state index contributed by atoms with van der Waals surface area (Å²) in [5.41, 5.74) is 1.06. The van der Waals surface area contributed by atoms with Gasteiger partial charge in [0, 0.05) is 18.6 Å². The molecule has 0 radical (unpaired) electrons. The summed E-state index contributed by atoms with van der Waals surface area (Å²) in [6.45, 7) is 0. The Kier molecular flexibility index (Phi) is 3.18. The van der Waals surface area contributed by atoms with Crippen molar-refractivity contribution in [2.45, 2.75) is 6.18 Å². The first kappa shape index (κ1) is 15.4. The van der Waals surface area contributed by atoms with Crippen molar-refractivity contribution < 1.29 is 18.3 Å². The number of alkyl halides is 3. The molecule has 2 heterocycles. The van der Waals surface area contributed by atoms with Gasteiger partial charge in [-0.25, -0.2) is 9.97 Å². The predicted octanol–water partition coefficient (Wildman–Crippen LogP) is 3.91. The number of aromatic nitrogens is 4. The average molecular weight is 344 g/mol. The maximum atomic E-state index is 13.4. The number of benzene rings is 2. The molecule has 2 aromatic carbocycles. The van der Waals surface area contributed by atoms with Crippen LogP contribution in [0.3, 0.4) is 0 Å². The molecule has 0 amide bonds. The van der Waals surface area contributed by atoms with Gasteiger partial charge in [0.25, 0.3) is 0 Å². The van der Waals surface area contributed by atoms with Crippen LogP contribution in [0, 0.1) is 0 Å². The van der Waals surface area contributed by atoms with Gasteiger partial charge in [-0.15, -0.1) is 0 Å². The lowest BCUT2D eigenvalue weighted by molar-refractivity contribution is -0.136. The van der Waals surface area contributed by atoms with Crippen LogP contribution in [0.1, 0.15) is 5.56 Å². The first-order valence-corrected chi connectivity index (χ1v) is 7.32. The van der Waals surface area contributed by atoms with E-state index in [0.29, 0.717) is 27.5 Å². The van der Waals surface area contributed by atoms with E-state index in [9.17, 15) is 18.3 Å². The summed E-state index contributed by atoms with van der Waals surface area (Å²) in [5.74, 6) is -0.212. The third-order valence-electron chi connectivity index (χ3n) is 3.89. The molecular formula is C17H11F3N4O. The zero-order chi connectivity index (χ0) is 17.8. The van der Waals surface area contributed by atoms with Gasteiger partial charge in [0.1, 0.15) is 5.52 Å². The van der Waals surface area contributed by atoms with Gasteiger partial charge in [0.2, 0.25) is 5.88 Å². The highest BCUT2D eigenvalue weighted by atomic mass is 19.4. The van der Waals surface area contributed by atoms with Crippen LogP contribution in [0.25, 0.3) is 33.1 Å². The minimum Gasteiger partial charge on any atom is -0.492 e. The van der Waals surface area contributed by atoms with E-state index in [1.165, 1.54) is 10.9 Å². The first-order chi connectivity index (χ1) is 11.8. The maximum absolute atomic E-state index is 13.4. The molecule has 0 bridgehead atoms. The zero-order valence-electron chi connectivity index (χ0n) is 12.9. The Labute approximate surface area is 139 Å². The quantitative estimate of drug-likeness (QED) is 0.569. The summed E-state index contributed by atoms with van der Waals surface area (Å²) < 4.78 is 41.6. The molecule has 4 aromatic rings. The van der Waals surface area contributed by atoms with Gasteiger partial charge in [-0.05, 0) is 35.4 Å². The van der Waals surface area contributed by atoms with Crippen molar-refractivity contribution in [1.82, 2.24) is 19.7 Å². The summed E-state index contributed by atoms with van der Waals surface area (Å²) in [5, 5.41) is 13.7. The topological polar surface area (TPSA) is 63.8 Å². The molecule has 0 aliphatic rings. The van der Waals surface area contributed by atoms with Gasteiger partial charge in [-0.1, -0.05) is 6.07 Å². The molecule has 0 saturated carbocycles. The predicted molar refractivity (Wildman–Crippen MR) is 85.9 cm³/mol. The van der Waals surface area contributed by atoms with Crippen LogP contribution in [0.15, 0.2) is 42.7 Å². The molecule has 0 aliphatic heterocycles. The number of rotatable bonds is 1. The summed E-state index contributed by atoms with van der Waals surface area (Å²) >= 11 is 0. The van der Waals surface area contributed by atoms with Gasteiger partial charge in [-0.3, -0.25) is 4.68 Å². The minimum absolute atomic E-state index is 0.0794. The van der Waals surface area contributed by atoms with Gasteiger partial charge in [0.05, 0.1) is 22.8 Å². The van der Waals surface area contributed by atoms with Crippen molar-refractivity contribution in [2.24, 2.45) is 7.05 Å². The van der Waals surface area contributed by atoms with Crippen LogP contribution >= 0.6 is 0 Å². The molecular weight excluding hydrogens is 333 g/mol. The fourth-order valence-corrected chi connectivity index (χ4v) is 2.82. The molecule has 0 spiro atoms. The van der Waals surface area contributed by atoms with E-state index in [0.717, 1.165) is 6.07 Å². The Morgan fingerprint density at radius 1 is 1.04 bits per heavy atom. The van der Waals surface area contributed by atoms with Crippen molar-refractivity contribution in [3.05, 3.63) is 48.3 Å². The Hall–Kier alpha value is -3.16. The monoisotopic (exact) mass is 344 g/mol. The van der Waals surface area contributed by atoms with E-state index < -0.39 is 11.7 Å². The molecule has 0 fully saturated rings. The minimum atomic E-state index is -4.51. The standard InChI is InChI=1S/C17H11F3N4O/c1-24-8-11-4-10(5-12(16(11)23-24)17(18,19)20)9-2-3-13-14(6-9)21-7-15(25)22-13/h2-8H,1H3,(H,22,25). The maximum Gasteiger partial charge on any atom is 0.418 e. The fraction of sp³-hybridized carbons (Fsp3) is 0.118. The van der Waals surface area contributed by atoms with Crippen LogP contribution in [0.5, 0.6) is 5.88 Å². The highest BCUT2D eigenvalue weighted by Crippen LogP contribution is 2.37. The molecule has 0 atom stereocenters. The van der Waals surface area contributed by atoms with Crippen LogP contribution in [-0.2, 0) is 13.2 Å². The Balaban J connectivity index is 1.96. The summed E-state index contributed by atoms with van der Waals surface area (Å²) in [6, 6.07) is 7.64. The number of aromatic hydroxyl groups is 1. The normalized spacial score (nSPS) is 12.2. The van der Waals surface area contributed by atoms with Crippen molar-refractivity contribution in [3.8, 4) is 17.0 Å². The van der Waals surface area contributed by atoms with E-state index in [2.05, 4.69) is 15.1 Å². The smallest absolute Gasteiger partial charge is 0.418 e. The highest BCUT2D eigenvalue weighted by Gasteiger charge is 2.34. The fourth-order valence-electron chi connectivity index (χ4n) is 2.82. The Morgan fingerprint density at radius 3 is 2.60 bits per heavy atom. The van der Waals surface area contributed by atoms with E-state index in [1.54, 1.807) is 37.5 Å². The molecule has 2 aromatic heterocycles. The van der Waals surface area contributed by atoms with Crippen molar-refractivity contribution in [1.29, 1.82) is 0 Å². The number of aryl methyl sites for hydroxylation is 1. The lowest BCUT2D eigenvalue weighted by Crippen LogP contribution is -2.06. The second kappa shape index (κ2) is 5.17. The average Bonchev–Trinajstić information content (AvgIpc) is 2.92. The number of halogens is 3. The van der Waals surface area contributed by atoms with Gasteiger partial charge in [-0.2, -0.15) is 18.3 Å². The Bertz CT molecular complexity index is 1120. The molecule has 1 N–H and O–H groups in total.